The second-order valence-corrected chi connectivity index (χ2v) is 9.41. The first-order valence-electron chi connectivity index (χ1n) is 10.2. The minimum atomic E-state index is -0.441. The third kappa shape index (κ3) is 9.34. The lowest BCUT2D eigenvalue weighted by molar-refractivity contribution is 0.0145. The number of aromatic nitrogens is 1. The maximum Gasteiger partial charge on any atom is 0.410 e. The van der Waals surface area contributed by atoms with Crippen LogP contribution in [-0.2, 0) is 11.3 Å². The van der Waals surface area contributed by atoms with Gasteiger partial charge in [0.1, 0.15) is 5.60 Å². The second kappa shape index (κ2) is 12.7. The quantitative estimate of drug-likeness (QED) is 0.253. The largest absolute Gasteiger partial charge is 0.444 e. The van der Waals surface area contributed by atoms with Gasteiger partial charge >= 0.3 is 6.09 Å². The summed E-state index contributed by atoms with van der Waals surface area (Å²) in [4.78, 5) is 27.3. The minimum Gasteiger partial charge on any atom is -0.444 e. The van der Waals surface area contributed by atoms with E-state index in [9.17, 15) is 4.79 Å². The number of thiazole rings is 1. The van der Waals surface area contributed by atoms with Gasteiger partial charge in [-0.05, 0) is 40.7 Å². The SMILES string of the molecule is CN=C(NCCCN1CCN(C(=O)OC(C)(C)C)CC1)N(C)Cc1csc(C)n1.I. The van der Waals surface area contributed by atoms with E-state index in [-0.39, 0.29) is 30.1 Å². The maximum atomic E-state index is 12.1. The number of carbonyl (C=O) groups is 1. The molecule has 0 atom stereocenters. The highest BCUT2D eigenvalue weighted by atomic mass is 127. The average Bonchev–Trinajstić information content (AvgIpc) is 3.05. The number of nitrogens with zero attached hydrogens (tertiary/aromatic N) is 5. The smallest absolute Gasteiger partial charge is 0.410 e. The fraction of sp³-hybridized carbons (Fsp3) is 0.750. The van der Waals surface area contributed by atoms with Crippen LogP contribution in [0.5, 0.6) is 0 Å². The van der Waals surface area contributed by atoms with Crippen LogP contribution in [-0.4, -0.2) is 90.7 Å². The molecule has 0 saturated carbocycles. The molecule has 0 aliphatic carbocycles. The molecule has 0 spiro atoms. The lowest BCUT2D eigenvalue weighted by Crippen LogP contribution is -2.50. The number of aliphatic imine (C=N–C) groups is 1. The van der Waals surface area contributed by atoms with Crippen molar-refractivity contribution in [3.63, 3.8) is 0 Å². The number of hydrogen-bond acceptors (Lipinski definition) is 6. The van der Waals surface area contributed by atoms with Gasteiger partial charge in [-0.2, -0.15) is 0 Å². The second-order valence-electron chi connectivity index (χ2n) is 8.35. The van der Waals surface area contributed by atoms with Crippen LogP contribution in [0, 0.1) is 6.92 Å². The highest BCUT2D eigenvalue weighted by Gasteiger charge is 2.25. The first-order chi connectivity index (χ1) is 13.7. The molecule has 172 valence electrons. The third-order valence-electron chi connectivity index (χ3n) is 4.60. The van der Waals surface area contributed by atoms with Crippen molar-refractivity contribution < 1.29 is 9.53 Å². The summed E-state index contributed by atoms with van der Waals surface area (Å²) in [5, 5.41) is 6.61. The number of amides is 1. The number of aryl methyl sites for hydroxylation is 1. The number of guanidine groups is 1. The van der Waals surface area contributed by atoms with Crippen LogP contribution < -0.4 is 5.32 Å². The Morgan fingerprint density at radius 2 is 2.00 bits per heavy atom. The Bertz CT molecular complexity index is 683. The van der Waals surface area contributed by atoms with Gasteiger partial charge in [-0.1, -0.05) is 0 Å². The van der Waals surface area contributed by atoms with Gasteiger partial charge < -0.3 is 19.9 Å². The molecule has 8 nitrogen and oxygen atoms in total. The van der Waals surface area contributed by atoms with Crippen molar-refractivity contribution in [3.05, 3.63) is 16.1 Å². The molecule has 2 heterocycles. The van der Waals surface area contributed by atoms with Crippen LogP contribution in [0.25, 0.3) is 0 Å². The fourth-order valence-electron chi connectivity index (χ4n) is 3.17. The third-order valence-corrected chi connectivity index (χ3v) is 5.42. The Labute approximate surface area is 202 Å². The zero-order valence-corrected chi connectivity index (χ0v) is 22.3. The average molecular weight is 553 g/mol. The number of ether oxygens (including phenoxy) is 1. The number of carbonyl (C=O) groups excluding carboxylic acids is 1. The van der Waals surface area contributed by atoms with Crippen molar-refractivity contribution in [2.45, 2.75) is 46.3 Å². The Morgan fingerprint density at radius 1 is 1.33 bits per heavy atom. The Hall–Kier alpha value is -1.14. The number of rotatable bonds is 6. The lowest BCUT2D eigenvalue weighted by Gasteiger charge is -2.35. The van der Waals surface area contributed by atoms with Gasteiger partial charge in [0.05, 0.1) is 17.2 Å². The number of piperazine rings is 1. The fourth-order valence-corrected chi connectivity index (χ4v) is 3.77. The Balaban J connectivity index is 0.00000450. The topological polar surface area (TPSA) is 73.3 Å². The van der Waals surface area contributed by atoms with Gasteiger partial charge in [0, 0.05) is 52.2 Å². The van der Waals surface area contributed by atoms with E-state index < -0.39 is 5.60 Å². The van der Waals surface area contributed by atoms with Crippen molar-refractivity contribution in [2.75, 3.05) is 53.4 Å². The van der Waals surface area contributed by atoms with E-state index in [0.29, 0.717) is 0 Å². The summed E-state index contributed by atoms with van der Waals surface area (Å²) in [7, 11) is 3.83. The van der Waals surface area contributed by atoms with Crippen molar-refractivity contribution in [1.82, 2.24) is 25.0 Å². The van der Waals surface area contributed by atoms with Gasteiger partial charge in [-0.3, -0.25) is 9.89 Å². The molecule has 30 heavy (non-hydrogen) atoms. The van der Waals surface area contributed by atoms with Crippen LogP contribution in [0.4, 0.5) is 4.79 Å². The Kier molecular flexibility index (Phi) is 11.3. The zero-order valence-electron chi connectivity index (χ0n) is 19.1. The predicted molar refractivity (Wildman–Crippen MR) is 134 cm³/mol. The summed E-state index contributed by atoms with van der Waals surface area (Å²) in [5.41, 5.74) is 0.630. The van der Waals surface area contributed by atoms with Crippen LogP contribution >= 0.6 is 35.3 Å². The minimum absolute atomic E-state index is 0. The highest BCUT2D eigenvalue weighted by molar-refractivity contribution is 14.0. The molecule has 1 aromatic rings. The van der Waals surface area contributed by atoms with E-state index in [1.807, 2.05) is 34.7 Å². The molecule has 1 fully saturated rings. The van der Waals surface area contributed by atoms with E-state index >= 15 is 0 Å². The van der Waals surface area contributed by atoms with Crippen LogP contribution in [0.15, 0.2) is 10.4 Å². The molecule has 1 aromatic heterocycles. The number of hydrogen-bond donors (Lipinski definition) is 1. The van der Waals surface area contributed by atoms with E-state index in [0.717, 1.165) is 68.9 Å². The molecule has 1 saturated heterocycles. The summed E-state index contributed by atoms with van der Waals surface area (Å²) in [6.45, 7) is 13.5. The van der Waals surface area contributed by atoms with Crippen molar-refractivity contribution in [2.24, 2.45) is 4.99 Å². The molecular formula is C20H37IN6O2S. The zero-order chi connectivity index (χ0) is 21.4. The van der Waals surface area contributed by atoms with Crippen LogP contribution in [0.2, 0.25) is 0 Å². The van der Waals surface area contributed by atoms with Crippen molar-refractivity contribution in [3.8, 4) is 0 Å². The molecule has 2 rings (SSSR count). The molecule has 1 aliphatic rings. The molecule has 10 heteroatoms. The summed E-state index contributed by atoms with van der Waals surface area (Å²) < 4.78 is 5.45. The van der Waals surface area contributed by atoms with Gasteiger partial charge in [0.25, 0.3) is 0 Å². The molecular weight excluding hydrogens is 515 g/mol. The molecule has 1 amide bonds. The summed E-state index contributed by atoms with van der Waals surface area (Å²) in [6, 6.07) is 0. The van der Waals surface area contributed by atoms with E-state index in [4.69, 9.17) is 4.74 Å². The van der Waals surface area contributed by atoms with E-state index in [1.54, 1.807) is 23.3 Å². The maximum absolute atomic E-state index is 12.1. The molecule has 1 N–H and O–H groups in total. The monoisotopic (exact) mass is 552 g/mol. The first kappa shape index (κ1) is 26.9. The molecule has 0 radical (unpaired) electrons. The summed E-state index contributed by atoms with van der Waals surface area (Å²) >= 11 is 1.67. The molecule has 0 bridgehead atoms. The standard InChI is InChI=1S/C20H36N6O2S.HI/c1-16-23-17(15-29-16)14-24(6)18(21-5)22-8-7-9-25-10-12-26(13-11-25)19(27)28-20(2,3)4;/h15H,7-14H2,1-6H3,(H,21,22);1H. The summed E-state index contributed by atoms with van der Waals surface area (Å²) in [6.07, 6.45) is 0.815. The van der Waals surface area contributed by atoms with Gasteiger partial charge in [-0.15, -0.1) is 35.3 Å². The van der Waals surface area contributed by atoms with E-state index in [2.05, 4.69) is 30.5 Å². The van der Waals surface area contributed by atoms with Gasteiger partial charge in [-0.25, -0.2) is 9.78 Å². The Morgan fingerprint density at radius 3 is 2.53 bits per heavy atom. The normalized spacial score (nSPS) is 15.5. The van der Waals surface area contributed by atoms with Crippen LogP contribution in [0.1, 0.15) is 37.9 Å². The summed E-state index contributed by atoms with van der Waals surface area (Å²) in [5.74, 6) is 0.880. The van der Waals surface area contributed by atoms with Gasteiger partial charge in [0.2, 0.25) is 0 Å². The van der Waals surface area contributed by atoms with Gasteiger partial charge in [0.15, 0.2) is 5.96 Å². The molecule has 0 aromatic carbocycles. The number of nitrogens with one attached hydrogen (secondary N) is 1. The first-order valence-corrected chi connectivity index (χ1v) is 11.1. The van der Waals surface area contributed by atoms with Crippen molar-refractivity contribution in [1.29, 1.82) is 0 Å². The van der Waals surface area contributed by atoms with Crippen molar-refractivity contribution >= 4 is 47.4 Å². The number of halogens is 1. The van der Waals surface area contributed by atoms with Crippen LogP contribution in [0.3, 0.4) is 0 Å². The highest BCUT2D eigenvalue weighted by Crippen LogP contribution is 2.12. The lowest BCUT2D eigenvalue weighted by atomic mass is 10.2. The predicted octanol–water partition coefficient (Wildman–Crippen LogP) is 3.02. The molecule has 0 unspecified atom stereocenters. The van der Waals surface area contributed by atoms with E-state index in [1.165, 1.54) is 0 Å². The molecule has 1 aliphatic heterocycles.